The molecule has 0 spiro atoms. The van der Waals surface area contributed by atoms with Gasteiger partial charge in [-0.15, -0.1) is 0 Å². The van der Waals surface area contributed by atoms with Crippen LogP contribution in [0.4, 0.5) is 0 Å². The van der Waals surface area contributed by atoms with E-state index in [0.29, 0.717) is 6.54 Å². The highest BCUT2D eigenvalue weighted by molar-refractivity contribution is 9.08. The van der Waals surface area contributed by atoms with Gasteiger partial charge in [0.15, 0.2) is 0 Å². The Bertz CT molecular complexity index is 690. The van der Waals surface area contributed by atoms with Crippen LogP contribution >= 0.6 is 15.9 Å². The van der Waals surface area contributed by atoms with Gasteiger partial charge in [0.2, 0.25) is 6.54 Å². The lowest BCUT2D eigenvalue weighted by Crippen LogP contribution is -1.74. The van der Waals surface area contributed by atoms with Crippen molar-refractivity contribution in [3.05, 3.63) is 119 Å². The number of alkyl halides is 1. The summed E-state index contributed by atoms with van der Waals surface area (Å²) in [4.78, 5) is 3.26. The second-order valence-corrected chi connectivity index (χ2v) is 5.64. The highest BCUT2D eigenvalue weighted by Gasteiger charge is 1.88. The van der Waals surface area contributed by atoms with Gasteiger partial charge >= 0.3 is 0 Å². The van der Waals surface area contributed by atoms with Crippen molar-refractivity contribution in [3.63, 3.8) is 0 Å². The van der Waals surface area contributed by atoms with Gasteiger partial charge in [-0.3, -0.25) is 0 Å². The van der Waals surface area contributed by atoms with Gasteiger partial charge in [-0.05, 0) is 12.5 Å². The summed E-state index contributed by atoms with van der Waals surface area (Å²) in [6.07, 6.45) is 0. The van der Waals surface area contributed by atoms with Gasteiger partial charge in [0.05, 0.1) is 0 Å². The van der Waals surface area contributed by atoms with Crippen LogP contribution in [0.3, 0.4) is 0 Å². The van der Waals surface area contributed by atoms with Crippen LogP contribution in [-0.4, -0.2) is 0 Å². The smallest absolute Gasteiger partial charge is 0.239 e. The summed E-state index contributed by atoms with van der Waals surface area (Å²) in [6, 6.07) is 30.3. The van der Waals surface area contributed by atoms with E-state index in [1.807, 2.05) is 108 Å². The summed E-state index contributed by atoms with van der Waals surface area (Å²) in [5.41, 5.74) is 3.74. The fourth-order valence-corrected chi connectivity index (χ4v) is 2.15. The van der Waals surface area contributed by atoms with Crippen LogP contribution in [0.5, 0.6) is 0 Å². The summed E-state index contributed by atoms with van der Waals surface area (Å²) in [5, 5.41) is 0.952. The maximum Gasteiger partial charge on any atom is 0.239 e. The summed E-state index contributed by atoms with van der Waals surface area (Å²) >= 11 is 3.36. The summed E-state index contributed by atoms with van der Waals surface area (Å²) in [7, 11) is 0. The Morgan fingerprint density at radius 3 is 1.00 bits per heavy atom. The molecular formula is C34H64BrN. The van der Waals surface area contributed by atoms with Crippen LogP contribution < -0.4 is 0 Å². The maximum atomic E-state index is 6.57. The molecule has 0 amide bonds. The topological polar surface area (TPSA) is 4.36 Å². The van der Waals surface area contributed by atoms with Gasteiger partial charge in [-0.2, -0.15) is 0 Å². The molecule has 0 radical (unpaired) electrons. The van der Waals surface area contributed by atoms with Gasteiger partial charge in [0.25, 0.3) is 0 Å². The molecule has 3 aromatic carbocycles. The molecule has 1 nitrogen and oxygen atoms in total. The molecule has 0 aliphatic carbocycles. The molecule has 3 aromatic rings. The molecule has 0 saturated heterocycles. The third-order valence-corrected chi connectivity index (χ3v) is 3.69. The fourth-order valence-electron chi connectivity index (χ4n) is 1.78. The molecule has 0 N–H and O–H groups in total. The van der Waals surface area contributed by atoms with E-state index in [2.05, 4.69) is 52.0 Å². The molecule has 0 unspecified atom stereocenters. The second-order valence-electron chi connectivity index (χ2n) is 5.08. The van der Waals surface area contributed by atoms with Crippen molar-refractivity contribution in [2.45, 2.75) is 105 Å². The van der Waals surface area contributed by atoms with Gasteiger partial charge < -0.3 is 4.85 Å². The van der Waals surface area contributed by atoms with Crippen LogP contribution in [0.2, 0.25) is 0 Å². The van der Waals surface area contributed by atoms with E-state index in [0.717, 1.165) is 10.9 Å². The minimum Gasteiger partial charge on any atom is -0.312 e. The Balaban J connectivity index is -0.0000000366. The second kappa shape index (κ2) is 53.8. The van der Waals surface area contributed by atoms with E-state index in [9.17, 15) is 0 Å². The Morgan fingerprint density at radius 2 is 0.806 bits per heavy atom. The number of halogens is 1. The van der Waals surface area contributed by atoms with Crippen LogP contribution in [0.1, 0.15) is 103 Å². The molecular weight excluding hydrogens is 502 g/mol. The molecule has 212 valence electrons. The van der Waals surface area contributed by atoms with Crippen molar-refractivity contribution in [2.75, 3.05) is 0 Å². The third kappa shape index (κ3) is 41.8. The Hall–Kier alpha value is -2.37. The van der Waals surface area contributed by atoms with Crippen molar-refractivity contribution in [3.8, 4) is 0 Å². The van der Waals surface area contributed by atoms with Crippen LogP contribution in [-0.2, 0) is 11.9 Å². The van der Waals surface area contributed by atoms with E-state index in [-0.39, 0.29) is 44.6 Å². The van der Waals surface area contributed by atoms with Crippen molar-refractivity contribution in [2.24, 2.45) is 0 Å². The van der Waals surface area contributed by atoms with Crippen molar-refractivity contribution in [1.82, 2.24) is 0 Å². The number of hydrogen-bond acceptors (Lipinski definition) is 0. The average Bonchev–Trinajstić information content (AvgIpc) is 2.86. The normalized spacial score (nSPS) is 6.31. The summed E-state index contributed by atoms with van der Waals surface area (Å²) in [6.45, 7) is 21.1. The first kappa shape index (κ1) is 59.0. The molecule has 3 rings (SSSR count). The van der Waals surface area contributed by atoms with E-state index >= 15 is 0 Å². The number of rotatable bonds is 2. The number of benzene rings is 3. The van der Waals surface area contributed by atoms with Crippen molar-refractivity contribution >= 4 is 15.9 Å². The summed E-state index contributed by atoms with van der Waals surface area (Å²) < 4.78 is 0. The van der Waals surface area contributed by atoms with E-state index in [1.165, 1.54) is 11.1 Å². The first-order valence-electron chi connectivity index (χ1n) is 10.7. The molecule has 0 atom stereocenters. The Labute approximate surface area is 239 Å². The standard InChI is InChI=1S/C8H7N.C7H7Br.C7H8.3C2H6.6CH4/c1-9-7-8-5-3-2-4-6-8;8-6-7-4-2-1-3-5-7;1-7-5-3-2-4-6-7;3*1-2;;;;;;/h2-6H,7H2;1-5H,6H2;2-6H,1H3;3*1-2H3;6*1H4. The van der Waals surface area contributed by atoms with Gasteiger partial charge in [0, 0.05) is 10.9 Å². The first-order valence-corrected chi connectivity index (χ1v) is 11.9. The summed E-state index contributed by atoms with van der Waals surface area (Å²) in [5.74, 6) is 0. The quantitative estimate of drug-likeness (QED) is 0.215. The van der Waals surface area contributed by atoms with Crippen LogP contribution in [0.25, 0.3) is 4.85 Å². The number of nitrogens with zero attached hydrogens (tertiary/aromatic N) is 1. The highest BCUT2D eigenvalue weighted by Crippen LogP contribution is 2.02. The lowest BCUT2D eigenvalue weighted by atomic mass is 10.2. The lowest BCUT2D eigenvalue weighted by Gasteiger charge is -1.88. The molecule has 0 bridgehead atoms. The Kier molecular flexibility index (Phi) is 88.2. The minimum atomic E-state index is 0. The van der Waals surface area contributed by atoms with Crippen molar-refractivity contribution < 1.29 is 0 Å². The average molecular weight is 567 g/mol. The predicted molar refractivity (Wildman–Crippen MR) is 181 cm³/mol. The maximum absolute atomic E-state index is 6.57. The lowest BCUT2D eigenvalue weighted by molar-refractivity contribution is 1.27. The predicted octanol–water partition coefficient (Wildman–Crippen LogP) is 13.6. The molecule has 2 heteroatoms. The number of aryl methyl sites for hydroxylation is 1. The van der Waals surface area contributed by atoms with E-state index < -0.39 is 0 Å². The minimum absolute atomic E-state index is 0. The van der Waals surface area contributed by atoms with Crippen LogP contribution in [0, 0.1) is 13.5 Å². The largest absolute Gasteiger partial charge is 0.312 e. The molecule has 0 fully saturated rings. The zero-order chi connectivity index (χ0) is 23.5. The van der Waals surface area contributed by atoms with Gasteiger partial charge in [-0.25, -0.2) is 6.57 Å². The molecule has 0 aromatic heterocycles. The molecule has 0 aliphatic rings. The molecule has 0 aliphatic heterocycles. The third-order valence-electron chi connectivity index (χ3n) is 3.04. The number of hydrogen-bond donors (Lipinski definition) is 0. The van der Waals surface area contributed by atoms with Crippen molar-refractivity contribution in [1.29, 1.82) is 0 Å². The SMILES string of the molecule is BrCc1ccccc1.C.C.C.C.C.C.CC.CC.CC.Cc1ccccc1.[C-]#[N+]Cc1ccccc1. The molecule has 0 heterocycles. The zero-order valence-corrected chi connectivity index (χ0v) is 21.5. The molecule has 36 heavy (non-hydrogen) atoms. The Morgan fingerprint density at radius 1 is 0.528 bits per heavy atom. The monoisotopic (exact) mass is 565 g/mol. The van der Waals surface area contributed by atoms with Crippen LogP contribution in [0.15, 0.2) is 91.0 Å². The highest BCUT2D eigenvalue weighted by atomic mass is 79.9. The van der Waals surface area contributed by atoms with E-state index in [1.54, 1.807) is 0 Å². The van der Waals surface area contributed by atoms with Gasteiger partial charge in [-0.1, -0.05) is 199 Å². The van der Waals surface area contributed by atoms with Gasteiger partial charge in [0.1, 0.15) is 0 Å². The van der Waals surface area contributed by atoms with E-state index in [4.69, 9.17) is 6.57 Å². The fraction of sp³-hybridized carbons (Fsp3) is 0.441. The zero-order valence-electron chi connectivity index (χ0n) is 19.9. The first-order chi connectivity index (χ1) is 14.8. The molecule has 0 saturated carbocycles.